The lowest BCUT2D eigenvalue weighted by Crippen LogP contribution is -2.18. The third kappa shape index (κ3) is 3.17. The summed E-state index contributed by atoms with van der Waals surface area (Å²) in [6, 6.07) is 6.41. The fraction of sp³-hybridized carbons (Fsp3) is 0.231. The number of alkyl halides is 1. The molecule has 0 saturated carbocycles. The number of benzene rings is 1. The summed E-state index contributed by atoms with van der Waals surface area (Å²) in [4.78, 5) is 10.4. The van der Waals surface area contributed by atoms with Crippen molar-refractivity contribution in [3.63, 3.8) is 0 Å². The molecule has 18 heavy (non-hydrogen) atoms. The molecule has 0 N–H and O–H groups in total. The fourth-order valence-corrected chi connectivity index (χ4v) is 1.70. The van der Waals surface area contributed by atoms with Crippen LogP contribution in [0.1, 0.15) is 11.3 Å². The zero-order valence-corrected chi connectivity index (χ0v) is 10.7. The minimum Gasteiger partial charge on any atom is -0.354 e. The molecule has 1 heterocycles. The predicted octanol–water partition coefficient (Wildman–Crippen LogP) is 2.99. The molecule has 0 bridgehead atoms. The second-order valence-corrected chi connectivity index (χ2v) is 4.25. The number of nitrogens with zero attached hydrogens (tertiary/aromatic N) is 3. The van der Waals surface area contributed by atoms with Crippen LogP contribution in [0.3, 0.4) is 0 Å². The smallest absolute Gasteiger partial charge is 0.147 e. The van der Waals surface area contributed by atoms with Crippen LogP contribution in [-0.2, 0) is 12.4 Å². The first-order valence-corrected chi connectivity index (χ1v) is 6.05. The topological polar surface area (TPSA) is 29.0 Å². The van der Waals surface area contributed by atoms with E-state index in [1.807, 2.05) is 11.9 Å². The van der Waals surface area contributed by atoms with Gasteiger partial charge in [-0.05, 0) is 17.7 Å². The Kier molecular flexibility index (Phi) is 4.10. The highest BCUT2D eigenvalue weighted by atomic mass is 35.5. The molecule has 0 amide bonds. The molecule has 0 aliphatic rings. The summed E-state index contributed by atoms with van der Waals surface area (Å²) >= 11 is 5.65. The summed E-state index contributed by atoms with van der Waals surface area (Å²) < 4.78 is 12.8. The number of anilines is 1. The fourth-order valence-electron chi connectivity index (χ4n) is 1.56. The van der Waals surface area contributed by atoms with Crippen molar-refractivity contribution in [2.24, 2.45) is 0 Å². The van der Waals surface area contributed by atoms with Gasteiger partial charge in [0.1, 0.15) is 11.6 Å². The predicted molar refractivity (Wildman–Crippen MR) is 70.1 cm³/mol. The Morgan fingerprint density at radius 3 is 2.44 bits per heavy atom. The van der Waals surface area contributed by atoms with Crippen LogP contribution < -0.4 is 4.90 Å². The highest BCUT2D eigenvalue weighted by molar-refractivity contribution is 6.16. The van der Waals surface area contributed by atoms with E-state index >= 15 is 0 Å². The molecule has 1 aromatic heterocycles. The Morgan fingerprint density at radius 1 is 1.17 bits per heavy atom. The van der Waals surface area contributed by atoms with Crippen LogP contribution in [0, 0.1) is 5.82 Å². The van der Waals surface area contributed by atoms with Crippen LogP contribution in [0.25, 0.3) is 0 Å². The molecule has 0 aliphatic heterocycles. The summed E-state index contributed by atoms with van der Waals surface area (Å²) in [5, 5.41) is 0. The number of hydrogen-bond acceptors (Lipinski definition) is 3. The van der Waals surface area contributed by atoms with Gasteiger partial charge in [-0.2, -0.15) is 0 Å². The van der Waals surface area contributed by atoms with E-state index < -0.39 is 0 Å². The van der Waals surface area contributed by atoms with Gasteiger partial charge in [-0.1, -0.05) is 12.1 Å². The summed E-state index contributed by atoms with van der Waals surface area (Å²) in [7, 11) is 1.91. The van der Waals surface area contributed by atoms with Crippen LogP contribution in [-0.4, -0.2) is 17.0 Å². The molecule has 2 rings (SSSR count). The van der Waals surface area contributed by atoms with E-state index in [9.17, 15) is 4.39 Å². The van der Waals surface area contributed by atoms with Crippen LogP contribution in [0.4, 0.5) is 10.2 Å². The van der Waals surface area contributed by atoms with Crippen molar-refractivity contribution in [1.82, 2.24) is 9.97 Å². The molecule has 0 fully saturated rings. The Labute approximate surface area is 110 Å². The number of halogens is 2. The molecule has 0 unspecified atom stereocenters. The molecule has 94 valence electrons. The van der Waals surface area contributed by atoms with Crippen molar-refractivity contribution >= 4 is 17.4 Å². The van der Waals surface area contributed by atoms with Gasteiger partial charge >= 0.3 is 0 Å². The van der Waals surface area contributed by atoms with Gasteiger partial charge in [-0.15, -0.1) is 11.6 Å². The van der Waals surface area contributed by atoms with E-state index in [0.29, 0.717) is 12.4 Å². The molecule has 5 heteroatoms. The standard InChI is InChI=1S/C13H13ClFN3/c1-18(9-10-2-4-11(15)5-3-10)13-8-16-12(6-14)7-17-13/h2-5,7-8H,6,9H2,1H3. The monoisotopic (exact) mass is 265 g/mol. The summed E-state index contributed by atoms with van der Waals surface area (Å²) in [5.74, 6) is 0.885. The average Bonchev–Trinajstić information content (AvgIpc) is 2.41. The van der Waals surface area contributed by atoms with E-state index in [1.165, 1.54) is 12.1 Å². The number of rotatable bonds is 4. The Hall–Kier alpha value is -1.68. The minimum absolute atomic E-state index is 0.229. The van der Waals surface area contributed by atoms with Crippen LogP contribution >= 0.6 is 11.6 Å². The van der Waals surface area contributed by atoms with E-state index in [1.54, 1.807) is 24.5 Å². The van der Waals surface area contributed by atoms with Crippen molar-refractivity contribution in [2.75, 3.05) is 11.9 Å². The first-order chi connectivity index (χ1) is 8.69. The highest BCUT2D eigenvalue weighted by Crippen LogP contribution is 2.12. The van der Waals surface area contributed by atoms with Gasteiger partial charge in [0.25, 0.3) is 0 Å². The van der Waals surface area contributed by atoms with Gasteiger partial charge in [-0.3, -0.25) is 4.98 Å². The molecule has 1 aromatic carbocycles. The van der Waals surface area contributed by atoms with Gasteiger partial charge in [0.05, 0.1) is 24.0 Å². The maximum atomic E-state index is 12.8. The summed E-state index contributed by atoms with van der Waals surface area (Å²) in [6.45, 7) is 0.648. The first-order valence-electron chi connectivity index (χ1n) is 5.51. The summed E-state index contributed by atoms with van der Waals surface area (Å²) in [6.07, 6.45) is 3.34. The molecule has 0 saturated heterocycles. The van der Waals surface area contributed by atoms with Crippen LogP contribution in [0.5, 0.6) is 0 Å². The lowest BCUT2D eigenvalue weighted by Gasteiger charge is -2.17. The van der Waals surface area contributed by atoms with Gasteiger partial charge in [0.15, 0.2) is 0 Å². The van der Waals surface area contributed by atoms with Crippen molar-refractivity contribution < 1.29 is 4.39 Å². The quantitative estimate of drug-likeness (QED) is 0.796. The van der Waals surface area contributed by atoms with E-state index in [0.717, 1.165) is 17.1 Å². The highest BCUT2D eigenvalue weighted by Gasteiger charge is 2.04. The maximum absolute atomic E-state index is 12.8. The molecule has 0 aliphatic carbocycles. The molecule has 0 radical (unpaired) electrons. The van der Waals surface area contributed by atoms with Crippen molar-refractivity contribution in [3.05, 3.63) is 53.7 Å². The van der Waals surface area contributed by atoms with Crippen molar-refractivity contribution in [3.8, 4) is 0 Å². The van der Waals surface area contributed by atoms with Crippen LogP contribution in [0.2, 0.25) is 0 Å². The van der Waals surface area contributed by atoms with Gasteiger partial charge in [0, 0.05) is 13.6 Å². The van der Waals surface area contributed by atoms with E-state index in [4.69, 9.17) is 11.6 Å². The van der Waals surface area contributed by atoms with Gasteiger partial charge < -0.3 is 4.90 Å². The Bertz CT molecular complexity index is 499. The van der Waals surface area contributed by atoms with Crippen LogP contribution in [0.15, 0.2) is 36.7 Å². The molecule has 0 atom stereocenters. The first kappa shape index (κ1) is 12.8. The lowest BCUT2D eigenvalue weighted by molar-refractivity contribution is 0.627. The molecule has 3 nitrogen and oxygen atoms in total. The van der Waals surface area contributed by atoms with Gasteiger partial charge in [0.2, 0.25) is 0 Å². The van der Waals surface area contributed by atoms with Gasteiger partial charge in [-0.25, -0.2) is 9.37 Å². The largest absolute Gasteiger partial charge is 0.354 e. The average molecular weight is 266 g/mol. The van der Waals surface area contributed by atoms with Crippen molar-refractivity contribution in [2.45, 2.75) is 12.4 Å². The number of aromatic nitrogens is 2. The zero-order chi connectivity index (χ0) is 13.0. The number of hydrogen-bond donors (Lipinski definition) is 0. The lowest BCUT2D eigenvalue weighted by atomic mass is 10.2. The van der Waals surface area contributed by atoms with E-state index in [2.05, 4.69) is 9.97 Å². The SMILES string of the molecule is CN(Cc1ccc(F)cc1)c1cnc(CCl)cn1. The second-order valence-electron chi connectivity index (χ2n) is 3.98. The third-order valence-electron chi connectivity index (χ3n) is 2.55. The second kappa shape index (κ2) is 5.78. The molecule has 0 spiro atoms. The molecule has 2 aromatic rings. The van der Waals surface area contributed by atoms with E-state index in [-0.39, 0.29) is 5.82 Å². The van der Waals surface area contributed by atoms with Crippen molar-refractivity contribution in [1.29, 1.82) is 0 Å². The summed E-state index contributed by atoms with van der Waals surface area (Å²) in [5.41, 5.74) is 1.76. The Balaban J connectivity index is 2.06. The third-order valence-corrected chi connectivity index (χ3v) is 2.83. The molecular formula is C13H13ClFN3. The Morgan fingerprint density at radius 2 is 1.89 bits per heavy atom. The zero-order valence-electron chi connectivity index (χ0n) is 9.98. The maximum Gasteiger partial charge on any atom is 0.147 e. The minimum atomic E-state index is -0.229. The molecular weight excluding hydrogens is 253 g/mol. The normalized spacial score (nSPS) is 10.4.